The van der Waals surface area contributed by atoms with Gasteiger partial charge in [0.15, 0.2) is 0 Å². The summed E-state index contributed by atoms with van der Waals surface area (Å²) in [5, 5.41) is 0. The van der Waals surface area contributed by atoms with Crippen LogP contribution in [0.4, 0.5) is 0 Å². The highest BCUT2D eigenvalue weighted by atomic mass is 16.5. The van der Waals surface area contributed by atoms with Crippen molar-refractivity contribution in [1.29, 1.82) is 0 Å². The lowest BCUT2D eigenvalue weighted by Crippen LogP contribution is -2.07. The van der Waals surface area contributed by atoms with E-state index in [0.717, 1.165) is 37.2 Å². The van der Waals surface area contributed by atoms with E-state index in [4.69, 9.17) is 9.47 Å². The molecule has 0 saturated heterocycles. The van der Waals surface area contributed by atoms with Crippen molar-refractivity contribution in [3.63, 3.8) is 0 Å². The Morgan fingerprint density at radius 1 is 0.615 bits per heavy atom. The number of methoxy groups -OCH3 is 2. The Bertz CT molecular complexity index is 840. The van der Waals surface area contributed by atoms with E-state index in [1.54, 1.807) is 14.2 Å². The average Bonchev–Trinajstić information content (AvgIpc) is 2.71. The second-order valence-electron chi connectivity index (χ2n) is 6.76. The molecule has 26 heavy (non-hydrogen) atoms. The zero-order valence-corrected chi connectivity index (χ0v) is 15.4. The highest BCUT2D eigenvalue weighted by molar-refractivity contribution is 5.73. The van der Waals surface area contributed by atoms with Crippen molar-refractivity contribution in [1.82, 2.24) is 0 Å². The van der Waals surface area contributed by atoms with Crippen LogP contribution >= 0.6 is 0 Å². The molecule has 0 radical (unpaired) electrons. The van der Waals surface area contributed by atoms with Crippen LogP contribution in [-0.4, -0.2) is 14.2 Å². The molecule has 2 nitrogen and oxygen atoms in total. The number of aryl methyl sites for hydroxylation is 2. The van der Waals surface area contributed by atoms with Gasteiger partial charge in [-0.2, -0.15) is 0 Å². The monoisotopic (exact) mass is 344 g/mol. The summed E-state index contributed by atoms with van der Waals surface area (Å²) in [6.45, 7) is 0. The predicted octanol–water partition coefficient (Wildman–Crippen LogP) is 5.55. The quantitative estimate of drug-likeness (QED) is 0.724. The molecule has 2 heteroatoms. The van der Waals surface area contributed by atoms with Crippen molar-refractivity contribution < 1.29 is 9.47 Å². The molecule has 0 amide bonds. The van der Waals surface area contributed by atoms with E-state index >= 15 is 0 Å². The van der Waals surface area contributed by atoms with Gasteiger partial charge >= 0.3 is 0 Å². The van der Waals surface area contributed by atoms with E-state index < -0.39 is 0 Å². The van der Waals surface area contributed by atoms with Crippen LogP contribution in [0, 0.1) is 0 Å². The lowest BCUT2D eigenvalue weighted by atomic mass is 9.88. The smallest absolute Gasteiger partial charge is 0.129 e. The van der Waals surface area contributed by atoms with Gasteiger partial charge in [0.1, 0.15) is 11.5 Å². The first-order chi connectivity index (χ1) is 12.8. The molecule has 0 aliphatic heterocycles. The van der Waals surface area contributed by atoms with Crippen molar-refractivity contribution >= 4 is 11.5 Å². The molecule has 2 aliphatic rings. The Morgan fingerprint density at radius 3 is 1.46 bits per heavy atom. The van der Waals surface area contributed by atoms with Crippen LogP contribution in [0.5, 0.6) is 0 Å². The minimum absolute atomic E-state index is 0.999. The number of allylic oxidation sites excluding steroid dienone is 4. The molecule has 0 atom stereocenters. The second kappa shape index (κ2) is 7.25. The SMILES string of the molecule is COC1=C(/C=C/C2=C(OC)c3ccccc3CC2)CCc2ccccc21. The second-order valence-corrected chi connectivity index (χ2v) is 6.76. The molecule has 2 aromatic rings. The minimum atomic E-state index is 0.999. The summed E-state index contributed by atoms with van der Waals surface area (Å²) >= 11 is 0. The molecule has 0 bridgehead atoms. The van der Waals surface area contributed by atoms with E-state index in [2.05, 4.69) is 60.7 Å². The summed E-state index contributed by atoms with van der Waals surface area (Å²) < 4.78 is 11.5. The molecule has 0 fully saturated rings. The van der Waals surface area contributed by atoms with Gasteiger partial charge in [0, 0.05) is 11.1 Å². The van der Waals surface area contributed by atoms with E-state index in [9.17, 15) is 0 Å². The minimum Gasteiger partial charge on any atom is -0.496 e. The number of benzene rings is 2. The molecule has 0 aromatic heterocycles. The highest BCUT2D eigenvalue weighted by Crippen LogP contribution is 2.35. The summed E-state index contributed by atoms with van der Waals surface area (Å²) in [5.41, 5.74) is 7.68. The summed E-state index contributed by atoms with van der Waals surface area (Å²) in [5.74, 6) is 2.00. The molecule has 132 valence electrons. The van der Waals surface area contributed by atoms with Crippen LogP contribution in [0.15, 0.2) is 71.8 Å². The van der Waals surface area contributed by atoms with Gasteiger partial charge in [0.2, 0.25) is 0 Å². The van der Waals surface area contributed by atoms with Gasteiger partial charge in [0.05, 0.1) is 14.2 Å². The van der Waals surface area contributed by atoms with Crippen LogP contribution in [0.25, 0.3) is 11.5 Å². The summed E-state index contributed by atoms with van der Waals surface area (Å²) in [6, 6.07) is 17.0. The van der Waals surface area contributed by atoms with Crippen molar-refractivity contribution in [2.75, 3.05) is 14.2 Å². The first-order valence-electron chi connectivity index (χ1n) is 9.20. The number of rotatable bonds is 4. The fourth-order valence-electron chi connectivity index (χ4n) is 4.03. The van der Waals surface area contributed by atoms with Crippen LogP contribution in [0.2, 0.25) is 0 Å². The van der Waals surface area contributed by atoms with Crippen LogP contribution in [0.1, 0.15) is 35.1 Å². The van der Waals surface area contributed by atoms with E-state index in [1.165, 1.54) is 33.4 Å². The topological polar surface area (TPSA) is 18.5 Å². The number of fused-ring (bicyclic) bond motifs is 2. The van der Waals surface area contributed by atoms with Gasteiger partial charge in [0.25, 0.3) is 0 Å². The number of ether oxygens (including phenoxy) is 2. The van der Waals surface area contributed by atoms with Gasteiger partial charge in [-0.05, 0) is 48.0 Å². The van der Waals surface area contributed by atoms with Gasteiger partial charge < -0.3 is 9.47 Å². The maximum atomic E-state index is 5.76. The third-order valence-electron chi connectivity index (χ3n) is 5.33. The fraction of sp³-hybridized carbons (Fsp3) is 0.250. The molecular weight excluding hydrogens is 320 g/mol. The molecule has 2 aromatic carbocycles. The summed E-state index contributed by atoms with van der Waals surface area (Å²) in [7, 11) is 3.53. The van der Waals surface area contributed by atoms with Crippen molar-refractivity contribution in [2.24, 2.45) is 0 Å². The predicted molar refractivity (Wildman–Crippen MR) is 107 cm³/mol. The van der Waals surface area contributed by atoms with Crippen LogP contribution in [0.3, 0.4) is 0 Å². The van der Waals surface area contributed by atoms with Gasteiger partial charge in [-0.25, -0.2) is 0 Å². The largest absolute Gasteiger partial charge is 0.496 e. The lowest BCUT2D eigenvalue weighted by molar-refractivity contribution is 0.363. The lowest BCUT2D eigenvalue weighted by Gasteiger charge is -2.22. The molecule has 4 rings (SSSR count). The molecule has 2 aliphatic carbocycles. The average molecular weight is 344 g/mol. The third kappa shape index (κ3) is 2.96. The molecule has 0 heterocycles. The zero-order chi connectivity index (χ0) is 17.9. The summed E-state index contributed by atoms with van der Waals surface area (Å²) in [4.78, 5) is 0. The molecule has 0 saturated carbocycles. The Morgan fingerprint density at radius 2 is 1.04 bits per heavy atom. The zero-order valence-electron chi connectivity index (χ0n) is 15.4. The molecule has 0 unspecified atom stereocenters. The Balaban J connectivity index is 1.72. The first-order valence-corrected chi connectivity index (χ1v) is 9.20. The highest BCUT2D eigenvalue weighted by Gasteiger charge is 2.20. The van der Waals surface area contributed by atoms with E-state index in [0.29, 0.717) is 0 Å². The van der Waals surface area contributed by atoms with Gasteiger partial charge in [-0.15, -0.1) is 0 Å². The Kier molecular flexibility index (Phi) is 4.66. The maximum Gasteiger partial charge on any atom is 0.129 e. The van der Waals surface area contributed by atoms with Crippen molar-refractivity contribution in [3.8, 4) is 0 Å². The third-order valence-corrected chi connectivity index (χ3v) is 5.33. The summed E-state index contributed by atoms with van der Waals surface area (Å²) in [6.07, 6.45) is 8.56. The first kappa shape index (κ1) is 16.7. The fourth-order valence-corrected chi connectivity index (χ4v) is 4.03. The number of hydrogen-bond donors (Lipinski definition) is 0. The maximum absolute atomic E-state index is 5.76. The van der Waals surface area contributed by atoms with E-state index in [1.807, 2.05) is 0 Å². The van der Waals surface area contributed by atoms with Crippen LogP contribution in [-0.2, 0) is 22.3 Å². The van der Waals surface area contributed by atoms with Gasteiger partial charge in [-0.1, -0.05) is 60.7 Å². The number of hydrogen-bond acceptors (Lipinski definition) is 2. The molecule has 0 spiro atoms. The van der Waals surface area contributed by atoms with Crippen molar-refractivity contribution in [2.45, 2.75) is 25.7 Å². The van der Waals surface area contributed by atoms with E-state index in [-0.39, 0.29) is 0 Å². The standard InChI is InChI=1S/C24H24O2/c1-25-23-19(13-11-17-7-3-5-9-21(17)23)15-16-20-14-12-18-8-4-6-10-22(18)24(20)26-2/h3-10,15-16H,11-14H2,1-2H3/b16-15+. The Labute approximate surface area is 155 Å². The van der Waals surface area contributed by atoms with Crippen LogP contribution < -0.4 is 0 Å². The van der Waals surface area contributed by atoms with Crippen molar-refractivity contribution in [3.05, 3.63) is 94.1 Å². The Hall–Kier alpha value is -2.74. The normalized spacial score (nSPS) is 16.5. The van der Waals surface area contributed by atoms with Gasteiger partial charge in [-0.3, -0.25) is 0 Å². The molecular formula is C24H24O2. The molecule has 0 N–H and O–H groups in total.